The molecule has 1 aromatic carbocycles. The summed E-state index contributed by atoms with van der Waals surface area (Å²) in [4.78, 5) is 27.3. The van der Waals surface area contributed by atoms with E-state index in [0.717, 1.165) is 11.1 Å². The number of hydrogen-bond acceptors (Lipinski definition) is 6. The second-order valence-corrected chi connectivity index (χ2v) is 5.86. The lowest BCUT2D eigenvalue weighted by molar-refractivity contribution is -0.114. The zero-order valence-electron chi connectivity index (χ0n) is 12.6. The van der Waals surface area contributed by atoms with E-state index in [-0.39, 0.29) is 12.5 Å². The molecular weight excluding hydrogens is 316 g/mol. The Hall–Kier alpha value is -2.74. The van der Waals surface area contributed by atoms with Crippen molar-refractivity contribution >= 4 is 22.4 Å². The molecule has 23 heavy (non-hydrogen) atoms. The lowest BCUT2D eigenvalue weighted by Gasteiger charge is -2.05. The summed E-state index contributed by atoms with van der Waals surface area (Å²) in [5.74, 6) is -0.270. The minimum absolute atomic E-state index is 0.186. The van der Waals surface area contributed by atoms with Crippen molar-refractivity contribution in [1.29, 1.82) is 0 Å². The summed E-state index contributed by atoms with van der Waals surface area (Å²) < 4.78 is 6.24. The van der Waals surface area contributed by atoms with E-state index >= 15 is 0 Å². The molecule has 1 amide bonds. The van der Waals surface area contributed by atoms with Crippen LogP contribution in [0.3, 0.4) is 0 Å². The highest BCUT2D eigenvalue weighted by Crippen LogP contribution is 2.22. The SMILES string of the molecule is CC(=O)Nc1nc(Cn2c(-c3ccccc3C)noc2=O)cs1. The van der Waals surface area contributed by atoms with Crippen molar-refractivity contribution in [3.8, 4) is 11.4 Å². The van der Waals surface area contributed by atoms with Gasteiger partial charge in [-0.15, -0.1) is 11.3 Å². The maximum absolute atomic E-state index is 12.0. The number of hydrogen-bond donors (Lipinski definition) is 1. The first-order valence-corrected chi connectivity index (χ1v) is 7.77. The number of anilines is 1. The van der Waals surface area contributed by atoms with E-state index in [1.54, 1.807) is 5.38 Å². The van der Waals surface area contributed by atoms with E-state index in [9.17, 15) is 9.59 Å². The minimum atomic E-state index is -0.544. The predicted molar refractivity (Wildman–Crippen MR) is 86.5 cm³/mol. The monoisotopic (exact) mass is 330 g/mol. The fourth-order valence-corrected chi connectivity index (χ4v) is 2.92. The van der Waals surface area contributed by atoms with E-state index in [4.69, 9.17) is 4.52 Å². The van der Waals surface area contributed by atoms with Gasteiger partial charge in [-0.25, -0.2) is 9.78 Å². The van der Waals surface area contributed by atoms with Crippen LogP contribution in [-0.2, 0) is 11.3 Å². The number of carbonyl (C=O) groups excluding carboxylic acids is 1. The number of aryl methyl sites for hydroxylation is 1. The number of nitrogens with one attached hydrogen (secondary N) is 1. The quantitative estimate of drug-likeness (QED) is 0.792. The summed E-state index contributed by atoms with van der Waals surface area (Å²) >= 11 is 1.30. The Morgan fingerprint density at radius 3 is 2.91 bits per heavy atom. The van der Waals surface area contributed by atoms with Gasteiger partial charge in [-0.1, -0.05) is 29.4 Å². The Kier molecular flexibility index (Phi) is 4.07. The van der Waals surface area contributed by atoms with Crippen molar-refractivity contribution < 1.29 is 9.32 Å². The Bertz CT molecular complexity index is 909. The lowest BCUT2D eigenvalue weighted by Crippen LogP contribution is -2.17. The van der Waals surface area contributed by atoms with Crippen LogP contribution in [-0.4, -0.2) is 20.6 Å². The second kappa shape index (κ2) is 6.17. The van der Waals surface area contributed by atoms with Gasteiger partial charge in [-0.3, -0.25) is 13.9 Å². The van der Waals surface area contributed by atoms with Gasteiger partial charge >= 0.3 is 5.76 Å². The van der Waals surface area contributed by atoms with Gasteiger partial charge < -0.3 is 5.32 Å². The number of thiazole rings is 1. The normalized spacial score (nSPS) is 10.7. The molecule has 0 radical (unpaired) electrons. The summed E-state index contributed by atoms with van der Waals surface area (Å²) in [7, 11) is 0. The van der Waals surface area contributed by atoms with Crippen molar-refractivity contribution in [2.45, 2.75) is 20.4 Å². The standard InChI is InChI=1S/C15H14N4O3S/c1-9-5-3-4-6-12(9)13-18-22-15(21)19(13)7-11-8-23-14(17-11)16-10(2)20/h3-6,8H,7H2,1-2H3,(H,16,17,20). The van der Waals surface area contributed by atoms with Gasteiger partial charge in [-0.05, 0) is 12.5 Å². The van der Waals surface area contributed by atoms with E-state index < -0.39 is 5.76 Å². The summed E-state index contributed by atoms with van der Waals surface area (Å²) in [6.45, 7) is 3.58. The van der Waals surface area contributed by atoms with Crippen molar-refractivity contribution in [2.24, 2.45) is 0 Å². The van der Waals surface area contributed by atoms with Crippen LogP contribution in [0.2, 0.25) is 0 Å². The van der Waals surface area contributed by atoms with Crippen molar-refractivity contribution in [2.75, 3.05) is 5.32 Å². The Morgan fingerprint density at radius 1 is 1.39 bits per heavy atom. The van der Waals surface area contributed by atoms with Crippen LogP contribution in [0.5, 0.6) is 0 Å². The number of amides is 1. The molecule has 8 heteroatoms. The molecule has 3 rings (SSSR count). The molecule has 0 aliphatic heterocycles. The molecule has 1 N–H and O–H groups in total. The van der Waals surface area contributed by atoms with Crippen LogP contribution in [0.25, 0.3) is 11.4 Å². The minimum Gasteiger partial charge on any atom is -0.302 e. The zero-order valence-corrected chi connectivity index (χ0v) is 13.4. The molecule has 118 valence electrons. The molecule has 2 heterocycles. The van der Waals surface area contributed by atoms with Crippen LogP contribution in [0.1, 0.15) is 18.2 Å². The Morgan fingerprint density at radius 2 is 2.17 bits per heavy atom. The molecule has 7 nitrogen and oxygen atoms in total. The van der Waals surface area contributed by atoms with Crippen LogP contribution >= 0.6 is 11.3 Å². The van der Waals surface area contributed by atoms with Gasteiger partial charge in [0.15, 0.2) is 11.0 Å². The number of aromatic nitrogens is 3. The highest BCUT2D eigenvalue weighted by molar-refractivity contribution is 7.13. The largest absolute Gasteiger partial charge is 0.442 e. The number of nitrogens with zero attached hydrogens (tertiary/aromatic N) is 3. The molecule has 0 unspecified atom stereocenters. The average molecular weight is 330 g/mol. The first-order valence-electron chi connectivity index (χ1n) is 6.89. The Labute approximate surface area is 135 Å². The molecule has 0 saturated carbocycles. The van der Waals surface area contributed by atoms with Gasteiger partial charge in [0.25, 0.3) is 0 Å². The molecule has 0 spiro atoms. The number of rotatable bonds is 4. The molecule has 0 bridgehead atoms. The fourth-order valence-electron chi connectivity index (χ4n) is 2.17. The highest BCUT2D eigenvalue weighted by Gasteiger charge is 2.16. The summed E-state index contributed by atoms with van der Waals surface area (Å²) in [5, 5.41) is 8.78. The molecule has 0 fully saturated rings. The summed E-state index contributed by atoms with van der Waals surface area (Å²) in [5.41, 5.74) is 2.47. The zero-order chi connectivity index (χ0) is 16.4. The highest BCUT2D eigenvalue weighted by atomic mass is 32.1. The second-order valence-electron chi connectivity index (χ2n) is 5.00. The maximum Gasteiger partial charge on any atom is 0.442 e. The van der Waals surface area contributed by atoms with Crippen molar-refractivity contribution in [1.82, 2.24) is 14.7 Å². The van der Waals surface area contributed by atoms with E-state index in [0.29, 0.717) is 16.6 Å². The molecule has 0 aliphatic carbocycles. The first kappa shape index (κ1) is 15.2. The molecule has 0 saturated heterocycles. The maximum atomic E-state index is 12.0. The molecule has 0 atom stereocenters. The smallest absolute Gasteiger partial charge is 0.302 e. The van der Waals surface area contributed by atoms with Gasteiger partial charge in [0.1, 0.15) is 0 Å². The van der Waals surface area contributed by atoms with Crippen molar-refractivity contribution in [3.05, 3.63) is 51.5 Å². The Balaban J connectivity index is 1.94. The molecule has 3 aromatic rings. The third kappa shape index (κ3) is 3.21. The van der Waals surface area contributed by atoms with E-state index in [1.165, 1.54) is 22.8 Å². The molecular formula is C15H14N4O3S. The van der Waals surface area contributed by atoms with E-state index in [2.05, 4.69) is 15.5 Å². The van der Waals surface area contributed by atoms with Gasteiger partial charge in [0, 0.05) is 17.9 Å². The van der Waals surface area contributed by atoms with Gasteiger partial charge in [-0.2, -0.15) is 0 Å². The van der Waals surface area contributed by atoms with Crippen LogP contribution < -0.4 is 11.1 Å². The topological polar surface area (TPSA) is 90.0 Å². The number of carbonyl (C=O) groups is 1. The van der Waals surface area contributed by atoms with Gasteiger partial charge in [0.05, 0.1) is 12.2 Å². The first-order chi connectivity index (χ1) is 11.0. The van der Waals surface area contributed by atoms with Crippen LogP contribution in [0, 0.1) is 6.92 Å². The van der Waals surface area contributed by atoms with Crippen molar-refractivity contribution in [3.63, 3.8) is 0 Å². The summed E-state index contributed by atoms with van der Waals surface area (Å²) in [6, 6.07) is 7.62. The lowest BCUT2D eigenvalue weighted by atomic mass is 10.1. The third-order valence-electron chi connectivity index (χ3n) is 3.23. The predicted octanol–water partition coefficient (Wildman–Crippen LogP) is 2.27. The average Bonchev–Trinajstić information content (AvgIpc) is 3.08. The van der Waals surface area contributed by atoms with E-state index in [1.807, 2.05) is 31.2 Å². The summed E-state index contributed by atoms with van der Waals surface area (Å²) in [6.07, 6.45) is 0. The molecule has 2 aromatic heterocycles. The van der Waals surface area contributed by atoms with Crippen LogP contribution in [0.4, 0.5) is 5.13 Å². The number of benzene rings is 1. The molecule has 0 aliphatic rings. The van der Waals surface area contributed by atoms with Gasteiger partial charge in [0.2, 0.25) is 5.91 Å². The fraction of sp³-hybridized carbons (Fsp3) is 0.200. The third-order valence-corrected chi connectivity index (χ3v) is 4.03. The van der Waals surface area contributed by atoms with Crippen LogP contribution in [0.15, 0.2) is 39.0 Å².